The fourth-order valence-corrected chi connectivity index (χ4v) is 3.86. The zero-order valence-electron chi connectivity index (χ0n) is 18.1. The summed E-state index contributed by atoms with van der Waals surface area (Å²) in [6.07, 6.45) is 6.10. The Hall–Kier alpha value is -3.72. The number of amides is 1. The van der Waals surface area contributed by atoms with E-state index in [0.29, 0.717) is 30.2 Å². The van der Waals surface area contributed by atoms with Crippen LogP contribution in [0.1, 0.15) is 34.2 Å². The molecule has 9 heteroatoms. The Bertz CT molecular complexity index is 1160. The summed E-state index contributed by atoms with van der Waals surface area (Å²) in [6.45, 7) is 0.368. The molecule has 2 heterocycles. The quantitative estimate of drug-likeness (QED) is 0.367. The molecule has 0 aliphatic heterocycles. The lowest BCUT2D eigenvalue weighted by Crippen LogP contribution is -2.30. The standard InChI is InChI=1S/C24H24N6O2S/c1-33-13-11-22(23-27-29-30-28-23)26-24(31)20-10-9-17(16-32-19-8-5-12-25-15-19)14-21(20)18-6-3-2-4-7-18/h2-10,12,14-15,22H,11,13,16H2,1H3,(H,26,31)(H,27,28,29,30). The van der Waals surface area contributed by atoms with Crippen LogP contribution in [-0.4, -0.2) is 43.5 Å². The predicted molar refractivity (Wildman–Crippen MR) is 128 cm³/mol. The Morgan fingerprint density at radius 1 is 1.15 bits per heavy atom. The number of aromatic amines is 1. The first-order chi connectivity index (χ1) is 16.2. The molecule has 0 bridgehead atoms. The van der Waals surface area contributed by atoms with Crippen LogP contribution < -0.4 is 10.1 Å². The molecule has 33 heavy (non-hydrogen) atoms. The van der Waals surface area contributed by atoms with Crippen LogP contribution in [0.5, 0.6) is 5.75 Å². The van der Waals surface area contributed by atoms with Gasteiger partial charge in [0.05, 0.1) is 12.2 Å². The minimum atomic E-state index is -0.332. The van der Waals surface area contributed by atoms with Crippen LogP contribution in [0.3, 0.4) is 0 Å². The maximum Gasteiger partial charge on any atom is 0.252 e. The summed E-state index contributed by atoms with van der Waals surface area (Å²) >= 11 is 1.70. The fourth-order valence-electron chi connectivity index (χ4n) is 3.39. The Kier molecular flexibility index (Phi) is 7.65. The minimum absolute atomic E-state index is 0.190. The first kappa shape index (κ1) is 22.5. The van der Waals surface area contributed by atoms with Gasteiger partial charge in [-0.2, -0.15) is 17.0 Å². The van der Waals surface area contributed by atoms with Gasteiger partial charge >= 0.3 is 0 Å². The molecule has 1 amide bonds. The highest BCUT2D eigenvalue weighted by atomic mass is 32.2. The summed E-state index contributed by atoms with van der Waals surface area (Å²) in [5, 5.41) is 17.3. The summed E-state index contributed by atoms with van der Waals surface area (Å²) in [7, 11) is 0. The zero-order chi connectivity index (χ0) is 22.9. The van der Waals surface area contributed by atoms with E-state index in [-0.39, 0.29) is 11.9 Å². The molecule has 2 aromatic carbocycles. The third-order valence-corrected chi connectivity index (χ3v) is 5.69. The van der Waals surface area contributed by atoms with Crippen LogP contribution in [-0.2, 0) is 6.61 Å². The Morgan fingerprint density at radius 2 is 2.03 bits per heavy atom. The molecule has 0 aliphatic rings. The smallest absolute Gasteiger partial charge is 0.252 e. The summed E-state index contributed by atoms with van der Waals surface area (Å²) in [4.78, 5) is 17.4. The number of tetrazole rings is 1. The van der Waals surface area contributed by atoms with Gasteiger partial charge in [0.1, 0.15) is 12.4 Å². The lowest BCUT2D eigenvalue weighted by molar-refractivity contribution is 0.0934. The molecule has 2 aromatic heterocycles. The van der Waals surface area contributed by atoms with E-state index >= 15 is 0 Å². The number of benzene rings is 2. The number of nitrogens with one attached hydrogen (secondary N) is 2. The van der Waals surface area contributed by atoms with E-state index in [2.05, 4.69) is 30.9 Å². The Morgan fingerprint density at radius 3 is 2.76 bits per heavy atom. The largest absolute Gasteiger partial charge is 0.487 e. The topological polar surface area (TPSA) is 106 Å². The highest BCUT2D eigenvalue weighted by Crippen LogP contribution is 2.27. The minimum Gasteiger partial charge on any atom is -0.487 e. The van der Waals surface area contributed by atoms with Gasteiger partial charge in [-0.25, -0.2) is 0 Å². The van der Waals surface area contributed by atoms with Crippen molar-refractivity contribution in [1.29, 1.82) is 0 Å². The van der Waals surface area contributed by atoms with Gasteiger partial charge in [0.15, 0.2) is 5.82 Å². The molecular weight excluding hydrogens is 436 g/mol. The molecule has 1 atom stereocenters. The van der Waals surface area contributed by atoms with Gasteiger partial charge in [-0.1, -0.05) is 41.6 Å². The maximum atomic E-state index is 13.4. The molecule has 0 spiro atoms. The fraction of sp³-hybridized carbons (Fsp3) is 0.208. The molecule has 8 nitrogen and oxygen atoms in total. The molecular formula is C24H24N6O2S. The molecule has 0 saturated carbocycles. The van der Waals surface area contributed by atoms with E-state index < -0.39 is 0 Å². The summed E-state index contributed by atoms with van der Waals surface area (Å²) in [6, 6.07) is 18.9. The summed E-state index contributed by atoms with van der Waals surface area (Å²) in [5.74, 6) is 1.83. The van der Waals surface area contributed by atoms with E-state index in [0.717, 1.165) is 22.4 Å². The molecule has 0 aliphatic carbocycles. The van der Waals surface area contributed by atoms with Crippen LogP contribution in [0, 0.1) is 0 Å². The average molecular weight is 461 g/mol. The van der Waals surface area contributed by atoms with Gasteiger partial charge in [0, 0.05) is 11.8 Å². The average Bonchev–Trinajstić information content (AvgIpc) is 3.41. The summed E-state index contributed by atoms with van der Waals surface area (Å²) < 4.78 is 5.85. The number of hydrogen-bond acceptors (Lipinski definition) is 7. The van der Waals surface area contributed by atoms with Gasteiger partial charge in [0.2, 0.25) is 0 Å². The normalized spacial score (nSPS) is 11.7. The van der Waals surface area contributed by atoms with Gasteiger partial charge in [0.25, 0.3) is 5.91 Å². The van der Waals surface area contributed by atoms with Crippen molar-refractivity contribution in [2.24, 2.45) is 0 Å². The van der Waals surface area contributed by atoms with Crippen LogP contribution in [0.2, 0.25) is 0 Å². The van der Waals surface area contributed by atoms with Gasteiger partial charge < -0.3 is 10.1 Å². The first-order valence-electron chi connectivity index (χ1n) is 10.5. The molecule has 1 unspecified atom stereocenters. The van der Waals surface area contributed by atoms with Crippen molar-refractivity contribution < 1.29 is 9.53 Å². The van der Waals surface area contributed by atoms with Crippen LogP contribution in [0.4, 0.5) is 0 Å². The number of thioether (sulfide) groups is 1. The monoisotopic (exact) mass is 460 g/mol. The van der Waals surface area contributed by atoms with Gasteiger partial charge in [-0.05, 0) is 59.4 Å². The van der Waals surface area contributed by atoms with Gasteiger partial charge in [-0.3, -0.25) is 9.78 Å². The van der Waals surface area contributed by atoms with Crippen molar-refractivity contribution in [3.8, 4) is 16.9 Å². The number of aromatic nitrogens is 5. The highest BCUT2D eigenvalue weighted by Gasteiger charge is 2.21. The number of nitrogens with zero attached hydrogens (tertiary/aromatic N) is 4. The molecule has 4 rings (SSSR count). The number of carbonyl (C=O) groups excluding carboxylic acids is 1. The summed E-state index contributed by atoms with van der Waals surface area (Å²) in [5.41, 5.74) is 3.30. The van der Waals surface area contributed by atoms with Crippen molar-refractivity contribution >= 4 is 17.7 Å². The molecule has 0 saturated heterocycles. The van der Waals surface area contributed by atoms with Gasteiger partial charge in [-0.15, -0.1) is 10.2 Å². The number of ether oxygens (including phenoxy) is 1. The molecule has 2 N–H and O–H groups in total. The van der Waals surface area contributed by atoms with Crippen molar-refractivity contribution in [2.45, 2.75) is 19.1 Å². The highest BCUT2D eigenvalue weighted by molar-refractivity contribution is 7.98. The van der Waals surface area contributed by atoms with E-state index in [1.54, 1.807) is 24.2 Å². The lowest BCUT2D eigenvalue weighted by Gasteiger charge is -2.17. The second kappa shape index (κ2) is 11.2. The molecule has 0 fully saturated rings. The molecule has 4 aromatic rings. The third-order valence-electron chi connectivity index (χ3n) is 5.04. The van der Waals surface area contributed by atoms with Crippen molar-refractivity contribution in [3.05, 3.63) is 90.0 Å². The second-order valence-corrected chi connectivity index (χ2v) is 8.29. The second-order valence-electron chi connectivity index (χ2n) is 7.30. The molecule has 168 valence electrons. The number of carbonyl (C=O) groups is 1. The number of pyridine rings is 1. The zero-order valence-corrected chi connectivity index (χ0v) is 19.0. The van der Waals surface area contributed by atoms with Crippen molar-refractivity contribution in [2.75, 3.05) is 12.0 Å². The molecule has 0 radical (unpaired) electrons. The van der Waals surface area contributed by atoms with Crippen LogP contribution in [0.15, 0.2) is 73.1 Å². The van der Waals surface area contributed by atoms with Crippen LogP contribution >= 0.6 is 11.8 Å². The number of rotatable bonds is 10. The van der Waals surface area contributed by atoms with E-state index in [1.165, 1.54) is 0 Å². The van der Waals surface area contributed by atoms with E-state index in [4.69, 9.17) is 4.74 Å². The lowest BCUT2D eigenvalue weighted by atomic mass is 9.96. The first-order valence-corrected chi connectivity index (χ1v) is 11.9. The van der Waals surface area contributed by atoms with Crippen molar-refractivity contribution in [3.63, 3.8) is 0 Å². The Balaban J connectivity index is 1.60. The number of hydrogen-bond donors (Lipinski definition) is 2. The van der Waals surface area contributed by atoms with E-state index in [1.807, 2.05) is 66.9 Å². The maximum absolute atomic E-state index is 13.4. The SMILES string of the molecule is CSCCC(NC(=O)c1ccc(COc2cccnc2)cc1-c1ccccc1)c1nn[nH]n1. The third kappa shape index (κ3) is 5.95. The van der Waals surface area contributed by atoms with Crippen LogP contribution in [0.25, 0.3) is 11.1 Å². The Labute approximate surface area is 196 Å². The van der Waals surface area contributed by atoms with Crippen molar-refractivity contribution in [1.82, 2.24) is 30.9 Å². The number of H-pyrrole nitrogens is 1. The van der Waals surface area contributed by atoms with E-state index in [9.17, 15) is 4.79 Å². The predicted octanol–water partition coefficient (Wildman–Crippen LogP) is 4.06.